The predicted octanol–water partition coefficient (Wildman–Crippen LogP) is 2.63. The Morgan fingerprint density at radius 3 is 2.77 bits per heavy atom. The molecule has 0 bridgehead atoms. The van der Waals surface area contributed by atoms with E-state index >= 15 is 0 Å². The van der Waals surface area contributed by atoms with Gasteiger partial charge in [0, 0.05) is 12.4 Å². The van der Waals surface area contributed by atoms with Crippen LogP contribution in [0.4, 0.5) is 5.69 Å². The van der Waals surface area contributed by atoms with Crippen molar-refractivity contribution in [2.75, 3.05) is 5.73 Å². The minimum absolute atomic E-state index is 0.486. The van der Waals surface area contributed by atoms with Crippen LogP contribution in [0.15, 0.2) is 22.9 Å². The van der Waals surface area contributed by atoms with Gasteiger partial charge >= 0.3 is 0 Å². The van der Waals surface area contributed by atoms with Gasteiger partial charge in [-0.3, -0.25) is 9.97 Å². The molecular weight excluding hydrogens is 253 g/mol. The molecule has 0 aliphatic heterocycles. The number of anilines is 1. The molecule has 0 saturated carbocycles. The fraction of sp³-hybridized carbons (Fsp3) is 0. The molecule has 0 unspecified atom stereocenters. The van der Waals surface area contributed by atoms with Crippen molar-refractivity contribution in [3.05, 3.63) is 28.0 Å². The maximum Gasteiger partial charge on any atom is 0.105 e. The molecule has 13 heavy (non-hydrogen) atoms. The Labute approximate surface area is 88.1 Å². The topological polar surface area (TPSA) is 51.8 Å². The molecule has 66 valence electrons. The van der Waals surface area contributed by atoms with E-state index in [1.165, 1.54) is 0 Å². The summed E-state index contributed by atoms with van der Waals surface area (Å²) in [5.41, 5.74) is 7.65. The lowest BCUT2D eigenvalue weighted by molar-refractivity contribution is 1.29. The standard InChI is InChI=1S/C8H5BrClN3/c9-6-7(11)4(10)3-5-8(6)13-2-1-12-5/h1-3H,11H2. The number of hydrogen-bond donors (Lipinski definition) is 1. The molecule has 1 heterocycles. The number of fused-ring (bicyclic) bond motifs is 1. The molecule has 0 atom stereocenters. The highest BCUT2D eigenvalue weighted by Crippen LogP contribution is 2.33. The number of halogens is 2. The van der Waals surface area contributed by atoms with Gasteiger partial charge in [-0.2, -0.15) is 0 Å². The minimum Gasteiger partial charge on any atom is -0.397 e. The van der Waals surface area contributed by atoms with E-state index in [2.05, 4.69) is 25.9 Å². The van der Waals surface area contributed by atoms with Gasteiger partial charge in [-0.25, -0.2) is 0 Å². The van der Waals surface area contributed by atoms with E-state index in [1.807, 2.05) is 0 Å². The molecule has 0 aliphatic rings. The Morgan fingerprint density at radius 2 is 2.00 bits per heavy atom. The molecule has 2 N–H and O–H groups in total. The Balaban J connectivity index is 2.94. The largest absolute Gasteiger partial charge is 0.397 e. The molecule has 2 rings (SSSR count). The summed E-state index contributed by atoms with van der Waals surface area (Å²) in [6.07, 6.45) is 3.22. The summed E-state index contributed by atoms with van der Waals surface area (Å²) >= 11 is 9.19. The van der Waals surface area contributed by atoms with Crippen molar-refractivity contribution < 1.29 is 0 Å². The lowest BCUT2D eigenvalue weighted by Crippen LogP contribution is -1.92. The first-order chi connectivity index (χ1) is 6.20. The monoisotopic (exact) mass is 257 g/mol. The van der Waals surface area contributed by atoms with Crippen LogP contribution in [-0.4, -0.2) is 9.97 Å². The first-order valence-electron chi connectivity index (χ1n) is 3.54. The second-order valence-electron chi connectivity index (χ2n) is 2.51. The van der Waals surface area contributed by atoms with Crippen LogP contribution in [0.5, 0.6) is 0 Å². The van der Waals surface area contributed by atoms with Crippen LogP contribution in [0.25, 0.3) is 11.0 Å². The van der Waals surface area contributed by atoms with Crippen molar-refractivity contribution in [2.24, 2.45) is 0 Å². The van der Waals surface area contributed by atoms with E-state index in [0.717, 1.165) is 11.0 Å². The first kappa shape index (κ1) is 8.72. The third-order valence-electron chi connectivity index (χ3n) is 1.69. The second-order valence-corrected chi connectivity index (χ2v) is 3.71. The van der Waals surface area contributed by atoms with Gasteiger partial charge in [-0.15, -0.1) is 0 Å². The van der Waals surface area contributed by atoms with Gasteiger partial charge in [0.05, 0.1) is 20.7 Å². The third-order valence-corrected chi connectivity index (χ3v) is 2.81. The fourth-order valence-electron chi connectivity index (χ4n) is 1.05. The second kappa shape index (κ2) is 3.12. The van der Waals surface area contributed by atoms with E-state index < -0.39 is 0 Å². The number of benzene rings is 1. The van der Waals surface area contributed by atoms with Crippen LogP contribution < -0.4 is 5.73 Å². The maximum atomic E-state index is 5.87. The van der Waals surface area contributed by atoms with Gasteiger partial charge in [0.25, 0.3) is 0 Å². The van der Waals surface area contributed by atoms with Crippen molar-refractivity contribution in [1.82, 2.24) is 9.97 Å². The average molecular weight is 259 g/mol. The molecular formula is C8H5BrClN3. The van der Waals surface area contributed by atoms with Crippen molar-refractivity contribution >= 4 is 44.3 Å². The highest BCUT2D eigenvalue weighted by atomic mass is 79.9. The van der Waals surface area contributed by atoms with Gasteiger partial charge < -0.3 is 5.73 Å². The first-order valence-corrected chi connectivity index (χ1v) is 4.71. The van der Waals surface area contributed by atoms with Crippen molar-refractivity contribution in [3.8, 4) is 0 Å². The number of aromatic nitrogens is 2. The van der Waals surface area contributed by atoms with Crippen LogP contribution in [0.1, 0.15) is 0 Å². The molecule has 0 radical (unpaired) electrons. The summed E-state index contributed by atoms with van der Waals surface area (Å²) in [5, 5.41) is 0.486. The molecule has 0 aliphatic carbocycles. The molecule has 0 fully saturated rings. The highest BCUT2D eigenvalue weighted by molar-refractivity contribution is 9.10. The van der Waals surface area contributed by atoms with Gasteiger partial charge in [-0.05, 0) is 22.0 Å². The van der Waals surface area contributed by atoms with E-state index in [0.29, 0.717) is 15.2 Å². The Kier molecular flexibility index (Phi) is 2.09. The molecule has 0 saturated heterocycles. The van der Waals surface area contributed by atoms with Crippen molar-refractivity contribution in [1.29, 1.82) is 0 Å². The smallest absolute Gasteiger partial charge is 0.105 e. The van der Waals surface area contributed by atoms with Crippen molar-refractivity contribution in [3.63, 3.8) is 0 Å². The zero-order valence-corrected chi connectivity index (χ0v) is 8.80. The van der Waals surface area contributed by atoms with Crippen LogP contribution in [-0.2, 0) is 0 Å². The van der Waals surface area contributed by atoms with Gasteiger partial charge in [0.2, 0.25) is 0 Å². The fourth-order valence-corrected chi connectivity index (χ4v) is 1.88. The molecule has 3 nitrogen and oxygen atoms in total. The lowest BCUT2D eigenvalue weighted by atomic mass is 10.2. The van der Waals surface area contributed by atoms with E-state index in [-0.39, 0.29) is 0 Å². The van der Waals surface area contributed by atoms with Crippen LogP contribution >= 0.6 is 27.5 Å². The number of hydrogen-bond acceptors (Lipinski definition) is 3. The van der Waals surface area contributed by atoms with Crippen molar-refractivity contribution in [2.45, 2.75) is 0 Å². The molecule has 1 aromatic heterocycles. The Bertz CT molecular complexity index is 472. The van der Waals surface area contributed by atoms with Crippen LogP contribution in [0.3, 0.4) is 0 Å². The summed E-state index contributed by atoms with van der Waals surface area (Å²) in [5.74, 6) is 0. The Morgan fingerprint density at radius 1 is 1.31 bits per heavy atom. The summed E-state index contributed by atoms with van der Waals surface area (Å²) in [6, 6.07) is 1.70. The van der Waals surface area contributed by atoms with Gasteiger partial charge in [0.1, 0.15) is 5.52 Å². The number of nitrogen functional groups attached to an aromatic ring is 1. The zero-order chi connectivity index (χ0) is 9.42. The summed E-state index contributed by atoms with van der Waals surface area (Å²) in [6.45, 7) is 0. The predicted molar refractivity (Wildman–Crippen MR) is 56.7 cm³/mol. The molecule has 0 spiro atoms. The number of nitrogens with zero attached hydrogens (tertiary/aromatic N) is 2. The van der Waals surface area contributed by atoms with E-state index in [1.54, 1.807) is 18.5 Å². The lowest BCUT2D eigenvalue weighted by Gasteiger charge is -2.03. The summed E-state index contributed by atoms with van der Waals surface area (Å²) in [4.78, 5) is 8.25. The normalized spacial score (nSPS) is 10.6. The van der Waals surface area contributed by atoms with Crippen LogP contribution in [0, 0.1) is 0 Å². The molecule has 5 heteroatoms. The average Bonchev–Trinajstić information content (AvgIpc) is 2.15. The Hall–Kier alpha value is -0.870. The highest BCUT2D eigenvalue weighted by Gasteiger charge is 2.08. The number of rotatable bonds is 0. The van der Waals surface area contributed by atoms with E-state index in [4.69, 9.17) is 17.3 Å². The third kappa shape index (κ3) is 1.36. The van der Waals surface area contributed by atoms with E-state index in [9.17, 15) is 0 Å². The maximum absolute atomic E-state index is 5.87. The van der Waals surface area contributed by atoms with Gasteiger partial charge in [0.15, 0.2) is 0 Å². The minimum atomic E-state index is 0.486. The SMILES string of the molecule is Nc1c(Cl)cc2nccnc2c1Br. The number of nitrogens with two attached hydrogens (primary N) is 1. The molecule has 2 aromatic rings. The quantitative estimate of drug-likeness (QED) is 0.739. The molecule has 0 amide bonds. The molecule has 1 aromatic carbocycles. The summed E-state index contributed by atoms with van der Waals surface area (Å²) < 4.78 is 0.697. The zero-order valence-electron chi connectivity index (χ0n) is 6.46. The van der Waals surface area contributed by atoms with Crippen LogP contribution in [0.2, 0.25) is 5.02 Å². The summed E-state index contributed by atoms with van der Waals surface area (Å²) in [7, 11) is 0. The van der Waals surface area contributed by atoms with Gasteiger partial charge in [-0.1, -0.05) is 11.6 Å².